The number of amides is 1. The highest BCUT2D eigenvalue weighted by molar-refractivity contribution is 7.98. The van der Waals surface area contributed by atoms with Gasteiger partial charge in [0.15, 0.2) is 0 Å². The molecule has 5 nitrogen and oxygen atoms in total. The van der Waals surface area contributed by atoms with E-state index in [0.29, 0.717) is 12.8 Å². The van der Waals surface area contributed by atoms with Gasteiger partial charge in [0.2, 0.25) is 5.91 Å². The van der Waals surface area contributed by atoms with E-state index in [1.165, 1.54) is 7.11 Å². The van der Waals surface area contributed by atoms with Gasteiger partial charge in [0.05, 0.1) is 19.6 Å². The molecular weight excluding hydrogens is 300 g/mol. The van der Waals surface area contributed by atoms with E-state index in [9.17, 15) is 9.59 Å². The lowest BCUT2D eigenvalue weighted by molar-refractivity contribution is -0.141. The summed E-state index contributed by atoms with van der Waals surface area (Å²) in [4.78, 5) is 24.7. The van der Waals surface area contributed by atoms with Crippen molar-refractivity contribution in [3.05, 3.63) is 29.8 Å². The molecule has 0 aromatic heterocycles. The molecule has 1 aromatic carbocycles. The molecule has 2 atom stereocenters. The fourth-order valence-electron chi connectivity index (χ4n) is 1.96. The van der Waals surface area contributed by atoms with Crippen LogP contribution in [-0.2, 0) is 14.3 Å². The second-order valence-corrected chi connectivity index (χ2v) is 6.07. The average Bonchev–Trinajstić information content (AvgIpc) is 2.52. The lowest BCUT2D eigenvalue weighted by atomic mass is 10.0. The van der Waals surface area contributed by atoms with Gasteiger partial charge < -0.3 is 15.8 Å². The van der Waals surface area contributed by atoms with Gasteiger partial charge in [-0.25, -0.2) is 0 Å². The molecule has 1 rings (SSSR count). The quantitative estimate of drug-likeness (QED) is 0.566. The van der Waals surface area contributed by atoms with Crippen molar-refractivity contribution < 1.29 is 14.3 Å². The van der Waals surface area contributed by atoms with E-state index in [-0.39, 0.29) is 30.4 Å². The van der Waals surface area contributed by atoms with E-state index in [2.05, 4.69) is 5.32 Å². The summed E-state index contributed by atoms with van der Waals surface area (Å²) in [5, 5.41) is 2.89. The number of hydrogen-bond donors (Lipinski definition) is 2. The maximum atomic E-state index is 12.0. The summed E-state index contributed by atoms with van der Waals surface area (Å²) in [6.45, 7) is 1.86. The molecule has 0 saturated carbocycles. The summed E-state index contributed by atoms with van der Waals surface area (Å²) in [7, 11) is 1.34. The second-order valence-electron chi connectivity index (χ2n) is 5.19. The van der Waals surface area contributed by atoms with Crippen molar-refractivity contribution in [1.82, 2.24) is 5.32 Å². The Morgan fingerprint density at radius 2 is 1.95 bits per heavy atom. The first-order chi connectivity index (χ1) is 10.5. The van der Waals surface area contributed by atoms with Gasteiger partial charge in [-0.2, -0.15) is 0 Å². The van der Waals surface area contributed by atoms with Crippen molar-refractivity contribution in [3.8, 4) is 0 Å². The van der Waals surface area contributed by atoms with E-state index in [1.54, 1.807) is 11.8 Å². The molecule has 0 radical (unpaired) electrons. The van der Waals surface area contributed by atoms with Gasteiger partial charge in [-0.05, 0) is 37.3 Å². The van der Waals surface area contributed by atoms with E-state index in [1.807, 2.05) is 37.4 Å². The lowest BCUT2D eigenvalue weighted by Gasteiger charge is -2.19. The SMILES string of the molecule is COC(=O)CC(NC(=O)CCC(C)N)c1ccc(SC)cc1. The Hall–Kier alpha value is -1.53. The number of benzene rings is 1. The van der Waals surface area contributed by atoms with Crippen molar-refractivity contribution in [2.45, 2.75) is 43.2 Å². The molecule has 0 heterocycles. The smallest absolute Gasteiger partial charge is 0.307 e. The third-order valence-electron chi connectivity index (χ3n) is 3.28. The summed E-state index contributed by atoms with van der Waals surface area (Å²) in [6, 6.07) is 7.38. The first kappa shape index (κ1) is 18.5. The first-order valence-corrected chi connectivity index (χ1v) is 8.44. The number of nitrogens with two attached hydrogens (primary N) is 1. The van der Waals surface area contributed by atoms with Crippen LogP contribution in [0.25, 0.3) is 0 Å². The normalized spacial score (nSPS) is 13.3. The fourth-order valence-corrected chi connectivity index (χ4v) is 2.37. The molecule has 1 amide bonds. The largest absolute Gasteiger partial charge is 0.469 e. The topological polar surface area (TPSA) is 81.4 Å². The van der Waals surface area contributed by atoms with Crippen LogP contribution >= 0.6 is 11.8 Å². The molecule has 1 aromatic rings. The maximum Gasteiger partial charge on any atom is 0.307 e. The van der Waals surface area contributed by atoms with Crippen LogP contribution in [0, 0.1) is 0 Å². The third-order valence-corrected chi connectivity index (χ3v) is 4.02. The van der Waals surface area contributed by atoms with Gasteiger partial charge in [-0.15, -0.1) is 11.8 Å². The van der Waals surface area contributed by atoms with E-state index in [4.69, 9.17) is 10.5 Å². The Balaban J connectivity index is 2.78. The molecule has 22 heavy (non-hydrogen) atoms. The highest BCUT2D eigenvalue weighted by Crippen LogP contribution is 2.22. The Morgan fingerprint density at radius 1 is 1.32 bits per heavy atom. The number of methoxy groups -OCH3 is 1. The minimum absolute atomic E-state index is 0.0225. The van der Waals surface area contributed by atoms with E-state index < -0.39 is 0 Å². The van der Waals surface area contributed by atoms with Crippen LogP contribution in [0.4, 0.5) is 0 Å². The lowest BCUT2D eigenvalue weighted by Crippen LogP contribution is -2.31. The van der Waals surface area contributed by atoms with E-state index in [0.717, 1.165) is 10.5 Å². The monoisotopic (exact) mass is 324 g/mol. The highest BCUT2D eigenvalue weighted by atomic mass is 32.2. The maximum absolute atomic E-state index is 12.0. The van der Waals surface area contributed by atoms with Gasteiger partial charge in [0, 0.05) is 17.4 Å². The fraction of sp³-hybridized carbons (Fsp3) is 0.500. The second kappa shape index (κ2) is 9.48. The molecule has 6 heteroatoms. The summed E-state index contributed by atoms with van der Waals surface area (Å²) >= 11 is 1.64. The van der Waals surface area contributed by atoms with Gasteiger partial charge in [0.25, 0.3) is 0 Å². The Kier molecular flexibility index (Phi) is 7.98. The van der Waals surface area contributed by atoms with Crippen molar-refractivity contribution in [3.63, 3.8) is 0 Å². The Morgan fingerprint density at radius 3 is 2.45 bits per heavy atom. The third kappa shape index (κ3) is 6.49. The average molecular weight is 324 g/mol. The summed E-state index contributed by atoms with van der Waals surface area (Å²) < 4.78 is 4.71. The number of thioether (sulfide) groups is 1. The predicted molar refractivity (Wildman–Crippen MR) is 88.6 cm³/mol. The summed E-state index contributed by atoms with van der Waals surface area (Å²) in [6.07, 6.45) is 3.07. The van der Waals surface area contributed by atoms with Crippen molar-refractivity contribution >= 4 is 23.6 Å². The van der Waals surface area contributed by atoms with Crippen LogP contribution in [0.2, 0.25) is 0 Å². The molecule has 0 saturated heterocycles. The number of hydrogen-bond acceptors (Lipinski definition) is 5. The van der Waals surface area contributed by atoms with Crippen molar-refractivity contribution in [2.75, 3.05) is 13.4 Å². The predicted octanol–water partition coefficient (Wildman–Crippen LogP) is 2.26. The first-order valence-electron chi connectivity index (χ1n) is 7.22. The van der Waals surface area contributed by atoms with Crippen molar-refractivity contribution in [1.29, 1.82) is 0 Å². The summed E-state index contributed by atoms with van der Waals surface area (Å²) in [5.41, 5.74) is 6.55. The zero-order valence-electron chi connectivity index (χ0n) is 13.3. The molecule has 0 bridgehead atoms. The van der Waals surface area contributed by atoms with Crippen LogP contribution in [0.1, 0.15) is 37.8 Å². The molecule has 122 valence electrons. The van der Waals surface area contributed by atoms with Crippen LogP contribution in [0.3, 0.4) is 0 Å². The summed E-state index contributed by atoms with van der Waals surface area (Å²) in [5.74, 6) is -0.466. The number of carbonyl (C=O) groups excluding carboxylic acids is 2. The molecule has 2 unspecified atom stereocenters. The van der Waals surface area contributed by atoms with Crippen molar-refractivity contribution in [2.24, 2.45) is 5.73 Å². The molecular formula is C16H24N2O3S. The van der Waals surface area contributed by atoms with Crippen LogP contribution in [0.5, 0.6) is 0 Å². The van der Waals surface area contributed by atoms with Gasteiger partial charge >= 0.3 is 5.97 Å². The van der Waals surface area contributed by atoms with Crippen LogP contribution in [-0.4, -0.2) is 31.3 Å². The number of ether oxygens (including phenoxy) is 1. The number of rotatable bonds is 8. The van der Waals surface area contributed by atoms with Gasteiger partial charge in [0.1, 0.15) is 0 Å². The van der Waals surface area contributed by atoms with Gasteiger partial charge in [-0.1, -0.05) is 12.1 Å². The number of carbonyl (C=O) groups is 2. The zero-order chi connectivity index (χ0) is 16.5. The van der Waals surface area contributed by atoms with E-state index >= 15 is 0 Å². The molecule has 3 N–H and O–H groups in total. The number of nitrogens with one attached hydrogen (secondary N) is 1. The molecule has 0 aliphatic carbocycles. The molecule has 0 aliphatic rings. The standard InChI is InChI=1S/C16H24N2O3S/c1-11(17)4-9-15(19)18-14(10-16(20)21-2)12-5-7-13(22-3)8-6-12/h5-8,11,14H,4,9-10,17H2,1-3H3,(H,18,19). The Bertz CT molecular complexity index is 489. The van der Waals surface area contributed by atoms with Crippen LogP contribution < -0.4 is 11.1 Å². The zero-order valence-corrected chi connectivity index (χ0v) is 14.1. The minimum Gasteiger partial charge on any atom is -0.469 e. The highest BCUT2D eigenvalue weighted by Gasteiger charge is 2.19. The van der Waals surface area contributed by atoms with Crippen LogP contribution in [0.15, 0.2) is 29.2 Å². The minimum atomic E-state index is -0.385. The molecule has 0 fully saturated rings. The van der Waals surface area contributed by atoms with Gasteiger partial charge in [-0.3, -0.25) is 9.59 Å². The Labute approximate surface area is 136 Å². The molecule has 0 aliphatic heterocycles. The molecule has 0 spiro atoms. The number of esters is 1.